The van der Waals surface area contributed by atoms with Crippen LogP contribution in [-0.4, -0.2) is 4.57 Å². The summed E-state index contributed by atoms with van der Waals surface area (Å²) in [6.07, 6.45) is 4.51. The summed E-state index contributed by atoms with van der Waals surface area (Å²) < 4.78 is 15.8. The molecule has 0 fully saturated rings. The molecule has 2 nitrogen and oxygen atoms in total. The van der Waals surface area contributed by atoms with E-state index in [-0.39, 0.29) is 5.82 Å². The molecule has 0 unspecified atom stereocenters. The molecule has 0 N–H and O–H groups in total. The molecular weight excluding hydrogens is 287 g/mol. The number of fused-ring (bicyclic) bond motifs is 3. The van der Waals surface area contributed by atoms with Gasteiger partial charge in [0.2, 0.25) is 0 Å². The van der Waals surface area contributed by atoms with Crippen LogP contribution in [0.1, 0.15) is 35.2 Å². The summed E-state index contributed by atoms with van der Waals surface area (Å²) in [7, 11) is 0. The van der Waals surface area contributed by atoms with Crippen molar-refractivity contribution in [1.82, 2.24) is 4.57 Å². The van der Waals surface area contributed by atoms with Crippen molar-refractivity contribution in [2.45, 2.75) is 32.2 Å². The van der Waals surface area contributed by atoms with Gasteiger partial charge in [-0.15, -0.1) is 0 Å². The second-order valence-electron chi connectivity index (χ2n) is 6.19. The normalized spacial score (nSPS) is 13.7. The van der Waals surface area contributed by atoms with Crippen molar-refractivity contribution < 1.29 is 4.39 Å². The predicted molar refractivity (Wildman–Crippen MR) is 88.8 cm³/mol. The maximum atomic E-state index is 13.5. The van der Waals surface area contributed by atoms with E-state index in [4.69, 9.17) is 0 Å². The smallest absolute Gasteiger partial charge is 0.123 e. The SMILES string of the molecule is N#Cc1ccc2c(c1)c1c(n2Cc2cccc(F)c2)CCCC1. The van der Waals surface area contributed by atoms with Crippen molar-refractivity contribution in [1.29, 1.82) is 5.26 Å². The van der Waals surface area contributed by atoms with Crippen LogP contribution in [0, 0.1) is 17.1 Å². The number of aromatic nitrogens is 1. The Labute approximate surface area is 134 Å². The van der Waals surface area contributed by atoms with Crippen LogP contribution in [0.4, 0.5) is 4.39 Å². The van der Waals surface area contributed by atoms with Gasteiger partial charge in [-0.1, -0.05) is 12.1 Å². The van der Waals surface area contributed by atoms with E-state index < -0.39 is 0 Å². The number of nitrogens with zero attached hydrogens (tertiary/aromatic N) is 2. The molecule has 0 saturated heterocycles. The lowest BCUT2D eigenvalue weighted by molar-refractivity contribution is 0.618. The van der Waals surface area contributed by atoms with Crippen molar-refractivity contribution in [3.8, 4) is 6.07 Å². The molecule has 0 bridgehead atoms. The average Bonchev–Trinajstić information content (AvgIpc) is 2.89. The molecule has 0 spiro atoms. The summed E-state index contributed by atoms with van der Waals surface area (Å²) in [6.45, 7) is 0.676. The van der Waals surface area contributed by atoms with E-state index in [1.165, 1.54) is 35.6 Å². The van der Waals surface area contributed by atoms with Crippen molar-refractivity contribution >= 4 is 10.9 Å². The van der Waals surface area contributed by atoms with E-state index in [1.54, 1.807) is 12.1 Å². The summed E-state index contributed by atoms with van der Waals surface area (Å²) in [5.74, 6) is -0.195. The van der Waals surface area contributed by atoms with Crippen LogP contribution in [0.25, 0.3) is 10.9 Å². The largest absolute Gasteiger partial charge is 0.340 e. The first-order valence-corrected chi connectivity index (χ1v) is 8.05. The van der Waals surface area contributed by atoms with Gasteiger partial charge in [-0.25, -0.2) is 4.39 Å². The van der Waals surface area contributed by atoms with Crippen molar-refractivity contribution in [3.63, 3.8) is 0 Å². The summed E-state index contributed by atoms with van der Waals surface area (Å²) in [4.78, 5) is 0. The zero-order valence-corrected chi connectivity index (χ0v) is 12.8. The van der Waals surface area contributed by atoms with E-state index in [1.807, 2.05) is 24.3 Å². The van der Waals surface area contributed by atoms with Gasteiger partial charge in [0.25, 0.3) is 0 Å². The Hall–Kier alpha value is -2.60. The molecule has 1 aliphatic carbocycles. The van der Waals surface area contributed by atoms with Gasteiger partial charge in [0.1, 0.15) is 5.82 Å². The number of hydrogen-bond acceptors (Lipinski definition) is 1. The molecule has 114 valence electrons. The highest BCUT2D eigenvalue weighted by molar-refractivity contribution is 5.87. The van der Waals surface area contributed by atoms with Gasteiger partial charge >= 0.3 is 0 Å². The number of hydrogen-bond donors (Lipinski definition) is 0. The van der Waals surface area contributed by atoms with Crippen molar-refractivity contribution in [2.75, 3.05) is 0 Å². The van der Waals surface area contributed by atoms with Gasteiger partial charge in [-0.05, 0) is 67.1 Å². The average molecular weight is 304 g/mol. The molecule has 0 atom stereocenters. The Kier molecular flexibility index (Phi) is 3.38. The topological polar surface area (TPSA) is 28.7 Å². The van der Waals surface area contributed by atoms with Gasteiger partial charge < -0.3 is 4.57 Å². The van der Waals surface area contributed by atoms with Crippen LogP contribution in [0.3, 0.4) is 0 Å². The third-order valence-electron chi connectivity index (χ3n) is 4.74. The van der Waals surface area contributed by atoms with Crippen LogP contribution in [0.2, 0.25) is 0 Å². The molecule has 1 aromatic heterocycles. The van der Waals surface area contributed by atoms with E-state index in [0.29, 0.717) is 12.1 Å². The molecule has 0 radical (unpaired) electrons. The Bertz CT molecular complexity index is 931. The van der Waals surface area contributed by atoms with Gasteiger partial charge in [-0.3, -0.25) is 0 Å². The Morgan fingerprint density at radius 2 is 1.96 bits per heavy atom. The second kappa shape index (κ2) is 5.55. The van der Waals surface area contributed by atoms with E-state index in [2.05, 4.69) is 10.6 Å². The molecule has 3 heteroatoms. The number of halogens is 1. The number of rotatable bonds is 2. The second-order valence-corrected chi connectivity index (χ2v) is 6.19. The Morgan fingerprint density at radius 3 is 2.78 bits per heavy atom. The lowest BCUT2D eigenvalue weighted by Crippen LogP contribution is -2.09. The molecule has 2 aromatic carbocycles. The fraction of sp³-hybridized carbons (Fsp3) is 0.250. The van der Waals surface area contributed by atoms with Crippen molar-refractivity contribution in [3.05, 3.63) is 70.7 Å². The van der Waals surface area contributed by atoms with Gasteiger partial charge in [0.05, 0.1) is 11.6 Å². The van der Waals surface area contributed by atoms with Crippen LogP contribution in [0.5, 0.6) is 0 Å². The molecule has 1 heterocycles. The fourth-order valence-electron chi connectivity index (χ4n) is 3.70. The molecule has 0 aliphatic heterocycles. The highest BCUT2D eigenvalue weighted by Gasteiger charge is 2.20. The third-order valence-corrected chi connectivity index (χ3v) is 4.74. The fourth-order valence-corrected chi connectivity index (χ4v) is 3.70. The van der Waals surface area contributed by atoms with E-state index in [9.17, 15) is 9.65 Å². The van der Waals surface area contributed by atoms with Crippen LogP contribution >= 0.6 is 0 Å². The molecule has 23 heavy (non-hydrogen) atoms. The van der Waals surface area contributed by atoms with Crippen LogP contribution < -0.4 is 0 Å². The summed E-state index contributed by atoms with van der Waals surface area (Å²) in [5, 5.41) is 10.4. The van der Waals surface area contributed by atoms with Crippen LogP contribution in [-0.2, 0) is 19.4 Å². The maximum absolute atomic E-state index is 13.5. The molecule has 0 saturated carbocycles. The first-order chi connectivity index (χ1) is 11.3. The van der Waals surface area contributed by atoms with Gasteiger partial charge in [0.15, 0.2) is 0 Å². The third kappa shape index (κ3) is 2.41. The zero-order chi connectivity index (χ0) is 15.8. The van der Waals surface area contributed by atoms with Gasteiger partial charge in [0, 0.05) is 23.1 Å². The Morgan fingerprint density at radius 1 is 1.09 bits per heavy atom. The highest BCUT2D eigenvalue weighted by Crippen LogP contribution is 2.33. The lowest BCUT2D eigenvalue weighted by atomic mass is 9.95. The van der Waals surface area contributed by atoms with Crippen molar-refractivity contribution in [2.24, 2.45) is 0 Å². The zero-order valence-electron chi connectivity index (χ0n) is 12.8. The summed E-state index contributed by atoms with van der Waals surface area (Å²) in [5.41, 5.74) is 5.55. The summed E-state index contributed by atoms with van der Waals surface area (Å²) >= 11 is 0. The predicted octanol–water partition coefficient (Wildman–Crippen LogP) is 4.58. The Balaban J connectivity index is 1.90. The highest BCUT2D eigenvalue weighted by atomic mass is 19.1. The summed E-state index contributed by atoms with van der Waals surface area (Å²) in [6, 6.07) is 14.9. The molecule has 4 rings (SSSR count). The van der Waals surface area contributed by atoms with E-state index in [0.717, 1.165) is 23.9 Å². The number of nitriles is 1. The minimum absolute atomic E-state index is 0.195. The molecule has 1 aliphatic rings. The minimum Gasteiger partial charge on any atom is -0.340 e. The number of aryl methyl sites for hydroxylation is 1. The molecular formula is C20H17FN2. The molecule has 3 aromatic rings. The first-order valence-electron chi connectivity index (χ1n) is 8.05. The minimum atomic E-state index is -0.195. The molecule has 0 amide bonds. The van der Waals surface area contributed by atoms with Crippen LogP contribution in [0.15, 0.2) is 42.5 Å². The number of benzene rings is 2. The maximum Gasteiger partial charge on any atom is 0.123 e. The lowest BCUT2D eigenvalue weighted by Gasteiger charge is -2.16. The van der Waals surface area contributed by atoms with Gasteiger partial charge in [-0.2, -0.15) is 5.26 Å². The standard InChI is InChI=1S/C20H17FN2/c21-16-5-3-4-15(10-16)13-23-19-7-2-1-6-17(19)18-11-14(12-22)8-9-20(18)23/h3-5,8-11H,1-2,6-7,13H2. The van der Waals surface area contributed by atoms with E-state index >= 15 is 0 Å². The monoisotopic (exact) mass is 304 g/mol. The first kappa shape index (κ1) is 14.0. The quantitative estimate of drug-likeness (QED) is 0.681.